The standard InChI is InChI=1S/C24H24F3N5O2/c1-4-13(2)32-7-8-34-23-18(26)9-15(10-21(23)32)22-19(27)12-28-24(31-22)30-16-5-6-20(17(25)11-16)29-14(3)33/h5-6,9-13H,4,7-8H2,1-3H3,(H,29,33)(H,28,30,31). The van der Waals surface area contributed by atoms with Gasteiger partial charge in [0.25, 0.3) is 0 Å². The van der Waals surface area contributed by atoms with Gasteiger partial charge in [-0.05, 0) is 43.7 Å². The van der Waals surface area contributed by atoms with Crippen molar-refractivity contribution in [3.8, 4) is 17.0 Å². The maximum atomic E-state index is 14.9. The van der Waals surface area contributed by atoms with Crippen LogP contribution in [-0.4, -0.2) is 35.1 Å². The minimum atomic E-state index is -0.732. The van der Waals surface area contributed by atoms with E-state index in [1.165, 1.54) is 25.1 Å². The largest absolute Gasteiger partial charge is 0.486 e. The average Bonchev–Trinajstić information content (AvgIpc) is 2.81. The highest BCUT2D eigenvalue weighted by Gasteiger charge is 2.26. The van der Waals surface area contributed by atoms with Crippen LogP contribution in [-0.2, 0) is 4.79 Å². The summed E-state index contributed by atoms with van der Waals surface area (Å²) in [6.45, 7) is 6.29. The Morgan fingerprint density at radius 1 is 1.18 bits per heavy atom. The van der Waals surface area contributed by atoms with Crippen LogP contribution < -0.4 is 20.3 Å². The maximum Gasteiger partial charge on any atom is 0.227 e. The van der Waals surface area contributed by atoms with Gasteiger partial charge in [0.2, 0.25) is 11.9 Å². The Bertz CT molecular complexity index is 1240. The van der Waals surface area contributed by atoms with Gasteiger partial charge in [0, 0.05) is 24.2 Å². The number of amides is 1. The third kappa shape index (κ3) is 4.75. The van der Waals surface area contributed by atoms with Crippen LogP contribution in [0.4, 0.5) is 36.2 Å². The van der Waals surface area contributed by atoms with Crippen LogP contribution in [0, 0.1) is 17.5 Å². The zero-order chi connectivity index (χ0) is 24.4. The average molecular weight is 471 g/mol. The van der Waals surface area contributed by atoms with Gasteiger partial charge in [-0.1, -0.05) is 6.92 Å². The lowest BCUT2D eigenvalue weighted by Gasteiger charge is -2.36. The first-order chi connectivity index (χ1) is 16.3. The van der Waals surface area contributed by atoms with E-state index in [2.05, 4.69) is 20.6 Å². The second-order valence-electron chi connectivity index (χ2n) is 8.00. The van der Waals surface area contributed by atoms with Gasteiger partial charge in [-0.15, -0.1) is 0 Å². The number of nitrogens with zero attached hydrogens (tertiary/aromatic N) is 3. The minimum Gasteiger partial charge on any atom is -0.486 e. The number of halogens is 3. The third-order valence-electron chi connectivity index (χ3n) is 5.59. The van der Waals surface area contributed by atoms with E-state index in [1.54, 1.807) is 6.07 Å². The molecule has 1 aliphatic heterocycles. The van der Waals surface area contributed by atoms with Gasteiger partial charge < -0.3 is 20.3 Å². The fraction of sp³-hybridized carbons (Fsp3) is 0.292. The molecule has 1 aliphatic rings. The molecule has 0 fully saturated rings. The van der Waals surface area contributed by atoms with Crippen LogP contribution in [0.15, 0.2) is 36.5 Å². The van der Waals surface area contributed by atoms with Crippen LogP contribution >= 0.6 is 0 Å². The van der Waals surface area contributed by atoms with E-state index in [-0.39, 0.29) is 40.4 Å². The molecule has 4 rings (SSSR count). The lowest BCUT2D eigenvalue weighted by Crippen LogP contribution is -2.39. The smallest absolute Gasteiger partial charge is 0.227 e. The molecule has 0 bridgehead atoms. The van der Waals surface area contributed by atoms with E-state index in [4.69, 9.17) is 4.74 Å². The van der Waals surface area contributed by atoms with Crippen molar-refractivity contribution in [1.82, 2.24) is 9.97 Å². The number of anilines is 4. The number of carbonyl (C=O) groups is 1. The summed E-state index contributed by atoms with van der Waals surface area (Å²) in [4.78, 5) is 21.3. The van der Waals surface area contributed by atoms with E-state index < -0.39 is 23.4 Å². The zero-order valence-electron chi connectivity index (χ0n) is 19.0. The van der Waals surface area contributed by atoms with Gasteiger partial charge >= 0.3 is 0 Å². The van der Waals surface area contributed by atoms with Crippen LogP contribution in [0.5, 0.6) is 5.75 Å². The van der Waals surface area contributed by atoms with E-state index >= 15 is 0 Å². The van der Waals surface area contributed by atoms with Crippen molar-refractivity contribution in [1.29, 1.82) is 0 Å². The number of benzene rings is 2. The molecule has 34 heavy (non-hydrogen) atoms. The second kappa shape index (κ2) is 9.58. The molecule has 1 aromatic heterocycles. The van der Waals surface area contributed by atoms with Crippen LogP contribution in [0.2, 0.25) is 0 Å². The van der Waals surface area contributed by atoms with Crippen molar-refractivity contribution in [2.75, 3.05) is 28.7 Å². The third-order valence-corrected chi connectivity index (χ3v) is 5.59. The molecule has 7 nitrogen and oxygen atoms in total. The van der Waals surface area contributed by atoms with Crippen molar-refractivity contribution in [3.63, 3.8) is 0 Å². The monoisotopic (exact) mass is 471 g/mol. The molecule has 10 heteroatoms. The molecule has 0 saturated carbocycles. The molecular formula is C24H24F3N5O2. The molecule has 1 atom stereocenters. The highest BCUT2D eigenvalue weighted by molar-refractivity contribution is 5.89. The molecule has 2 heterocycles. The number of hydrogen-bond acceptors (Lipinski definition) is 6. The Balaban J connectivity index is 1.67. The van der Waals surface area contributed by atoms with Gasteiger partial charge in [-0.2, -0.15) is 0 Å². The lowest BCUT2D eigenvalue weighted by molar-refractivity contribution is -0.114. The van der Waals surface area contributed by atoms with E-state index in [0.717, 1.165) is 18.7 Å². The lowest BCUT2D eigenvalue weighted by atomic mass is 10.1. The van der Waals surface area contributed by atoms with Gasteiger partial charge in [0.05, 0.1) is 24.1 Å². The van der Waals surface area contributed by atoms with Gasteiger partial charge in [-0.25, -0.2) is 23.1 Å². The highest BCUT2D eigenvalue weighted by atomic mass is 19.1. The Labute approximate surface area is 195 Å². The molecule has 178 valence electrons. The summed E-state index contributed by atoms with van der Waals surface area (Å²) in [5.41, 5.74) is 0.974. The molecule has 1 amide bonds. The van der Waals surface area contributed by atoms with Crippen molar-refractivity contribution < 1.29 is 22.7 Å². The summed E-state index contributed by atoms with van der Waals surface area (Å²) in [6, 6.07) is 7.01. The second-order valence-corrected chi connectivity index (χ2v) is 8.00. The van der Waals surface area contributed by atoms with Gasteiger partial charge in [0.1, 0.15) is 18.1 Å². The number of fused-ring (bicyclic) bond motifs is 1. The zero-order valence-corrected chi connectivity index (χ0v) is 19.0. The summed E-state index contributed by atoms with van der Waals surface area (Å²) in [7, 11) is 0. The SMILES string of the molecule is CCC(C)N1CCOc2c(F)cc(-c3nc(Nc4ccc(NC(C)=O)c(F)c4)ncc3F)cc21. The number of rotatable bonds is 6. The molecule has 3 aromatic rings. The number of nitrogens with one attached hydrogen (secondary N) is 2. The summed E-state index contributed by atoms with van der Waals surface area (Å²) in [6.07, 6.45) is 1.81. The van der Waals surface area contributed by atoms with Crippen LogP contribution in [0.1, 0.15) is 27.2 Å². The molecule has 2 N–H and O–H groups in total. The molecule has 0 radical (unpaired) electrons. The minimum absolute atomic E-state index is 0.00348. The molecule has 0 spiro atoms. The molecule has 1 unspecified atom stereocenters. The highest BCUT2D eigenvalue weighted by Crippen LogP contribution is 2.39. The first kappa shape index (κ1) is 23.3. The van der Waals surface area contributed by atoms with Crippen molar-refractivity contribution in [2.45, 2.75) is 33.2 Å². The Kier molecular flexibility index (Phi) is 6.58. The quantitative estimate of drug-likeness (QED) is 0.511. The van der Waals surface area contributed by atoms with E-state index in [9.17, 15) is 18.0 Å². The number of hydrogen-bond donors (Lipinski definition) is 2. The number of carbonyl (C=O) groups excluding carboxylic acids is 1. The Morgan fingerprint density at radius 2 is 1.97 bits per heavy atom. The fourth-order valence-corrected chi connectivity index (χ4v) is 3.76. The van der Waals surface area contributed by atoms with Gasteiger partial charge in [-0.3, -0.25) is 4.79 Å². The van der Waals surface area contributed by atoms with Crippen molar-refractivity contribution >= 4 is 28.9 Å². The predicted molar refractivity (Wildman–Crippen MR) is 124 cm³/mol. The Morgan fingerprint density at radius 3 is 2.68 bits per heavy atom. The van der Waals surface area contributed by atoms with E-state index in [0.29, 0.717) is 18.8 Å². The van der Waals surface area contributed by atoms with Crippen molar-refractivity contribution in [2.24, 2.45) is 0 Å². The maximum absolute atomic E-state index is 14.9. The van der Waals surface area contributed by atoms with Crippen LogP contribution in [0.3, 0.4) is 0 Å². The number of aromatic nitrogens is 2. The van der Waals surface area contributed by atoms with Crippen LogP contribution in [0.25, 0.3) is 11.3 Å². The van der Waals surface area contributed by atoms with E-state index in [1.807, 2.05) is 18.7 Å². The summed E-state index contributed by atoms with van der Waals surface area (Å²) in [5, 5.41) is 5.18. The molecule has 0 saturated heterocycles. The first-order valence-corrected chi connectivity index (χ1v) is 10.9. The first-order valence-electron chi connectivity index (χ1n) is 10.9. The normalized spacial score (nSPS) is 13.6. The molecule has 0 aliphatic carbocycles. The molecular weight excluding hydrogens is 447 g/mol. The Hall–Kier alpha value is -3.82. The van der Waals surface area contributed by atoms with Crippen molar-refractivity contribution in [3.05, 3.63) is 54.0 Å². The predicted octanol–water partition coefficient (Wildman–Crippen LogP) is 5.26. The fourth-order valence-electron chi connectivity index (χ4n) is 3.76. The summed E-state index contributed by atoms with van der Waals surface area (Å²) >= 11 is 0. The summed E-state index contributed by atoms with van der Waals surface area (Å²) in [5.74, 6) is -2.27. The van der Waals surface area contributed by atoms with Gasteiger partial charge in [0.15, 0.2) is 17.4 Å². The number of ether oxygens (including phenoxy) is 1. The molecule has 2 aromatic carbocycles. The topological polar surface area (TPSA) is 79.4 Å². The summed E-state index contributed by atoms with van der Waals surface area (Å²) < 4.78 is 49.4.